The molecule has 0 saturated heterocycles. The van der Waals surface area contributed by atoms with Crippen molar-refractivity contribution in [3.63, 3.8) is 0 Å². The van der Waals surface area contributed by atoms with Gasteiger partial charge in [-0.15, -0.1) is 5.10 Å². The van der Waals surface area contributed by atoms with Gasteiger partial charge >= 0.3 is 0 Å². The first-order chi connectivity index (χ1) is 14.5. The summed E-state index contributed by atoms with van der Waals surface area (Å²) in [4.78, 5) is 11.9. The first-order valence-corrected chi connectivity index (χ1v) is 9.74. The van der Waals surface area contributed by atoms with Crippen LogP contribution < -0.4 is 0 Å². The van der Waals surface area contributed by atoms with E-state index in [9.17, 15) is 0 Å². The Labute approximate surface area is 178 Å². The van der Waals surface area contributed by atoms with Crippen molar-refractivity contribution in [1.82, 2.24) is 15.4 Å². The van der Waals surface area contributed by atoms with Crippen LogP contribution in [0.15, 0.2) is 73.4 Å². The number of hydrogen-bond donors (Lipinski definition) is 1. The van der Waals surface area contributed by atoms with Crippen LogP contribution in [0.5, 0.6) is 0 Å². The van der Waals surface area contributed by atoms with E-state index in [-0.39, 0.29) is 0 Å². The van der Waals surface area contributed by atoms with Crippen LogP contribution in [0.3, 0.4) is 0 Å². The minimum absolute atomic E-state index is 0.694. The number of rotatable bonds is 0. The van der Waals surface area contributed by atoms with E-state index in [1.165, 1.54) is 17.1 Å². The molecule has 0 fully saturated rings. The summed E-state index contributed by atoms with van der Waals surface area (Å²) in [6.45, 7) is 10.6. The number of nitrogens with one attached hydrogen (secondary N) is 1. The third-order valence-electron chi connectivity index (χ3n) is 3.55. The smallest absolute Gasteiger partial charge is 0.102 e. The topological polar surface area (TPSA) is 116 Å². The summed E-state index contributed by atoms with van der Waals surface area (Å²) < 4.78 is 0. The maximum atomic E-state index is 3.97. The number of aryl methyl sites for hydroxylation is 1. The Balaban J connectivity index is 0.000000187. The van der Waals surface area contributed by atoms with Crippen molar-refractivity contribution in [1.29, 1.82) is 0 Å². The van der Waals surface area contributed by atoms with Crippen molar-refractivity contribution in [3.8, 4) is 0 Å². The van der Waals surface area contributed by atoms with Crippen LogP contribution in [-0.2, 0) is 0 Å². The molecule has 0 aliphatic carbocycles. The number of nitrogens with zero attached hydrogens (tertiary/aromatic N) is 8. The molecule has 5 heterocycles. The molecule has 0 bridgehead atoms. The highest BCUT2D eigenvalue weighted by atomic mass is 15.4. The van der Waals surface area contributed by atoms with Crippen LogP contribution in [0, 0.1) is 6.92 Å². The lowest BCUT2D eigenvalue weighted by molar-refractivity contribution is 0.928. The Kier molecular flexibility index (Phi) is 12.8. The van der Waals surface area contributed by atoms with E-state index in [0.717, 1.165) is 30.7 Å². The van der Waals surface area contributed by atoms with E-state index < -0.39 is 0 Å². The fraction of sp³-hybridized carbons (Fsp3) is 0.429. The van der Waals surface area contributed by atoms with Gasteiger partial charge in [0.15, 0.2) is 0 Å². The van der Waals surface area contributed by atoms with E-state index in [4.69, 9.17) is 0 Å². The molecule has 0 atom stereocenters. The fourth-order valence-corrected chi connectivity index (χ4v) is 1.90. The average molecular weight is 410 g/mol. The minimum Gasteiger partial charge on any atom is -0.266 e. The van der Waals surface area contributed by atoms with Crippen molar-refractivity contribution >= 4 is 22.8 Å². The van der Waals surface area contributed by atoms with E-state index in [0.29, 0.717) is 6.54 Å². The van der Waals surface area contributed by atoms with E-state index in [2.05, 4.69) is 64.1 Å². The minimum atomic E-state index is 0.694. The van der Waals surface area contributed by atoms with Gasteiger partial charge in [-0.2, -0.15) is 20.5 Å². The summed E-state index contributed by atoms with van der Waals surface area (Å²) in [5, 5.41) is 20.3. The maximum absolute atomic E-state index is 3.97. The standard InChI is InChI=1S/3C5H7N.2C3H5N3/c3*1-5-3-2-4-6-5;2*1-3-2-4-6-5-3/h3*2,4H,3H2,1H3;2H2,1H3;2H,1H3,(H,4,5,6). The molecule has 4 aliphatic rings. The van der Waals surface area contributed by atoms with Crippen LogP contribution in [0.25, 0.3) is 0 Å². The van der Waals surface area contributed by atoms with Crippen LogP contribution in [-0.4, -0.2) is 44.8 Å². The number of aromatic amines is 1. The molecule has 1 N–H and O–H groups in total. The fourth-order valence-electron chi connectivity index (χ4n) is 1.90. The third kappa shape index (κ3) is 13.8. The van der Waals surface area contributed by atoms with Gasteiger partial charge in [-0.05, 0) is 39.8 Å². The predicted octanol–water partition coefficient (Wildman–Crippen LogP) is 5.04. The quantitative estimate of drug-likeness (QED) is 0.647. The second-order valence-corrected chi connectivity index (χ2v) is 6.70. The van der Waals surface area contributed by atoms with Crippen LogP contribution in [0.4, 0.5) is 0 Å². The largest absolute Gasteiger partial charge is 0.266 e. The molecule has 0 radical (unpaired) electrons. The van der Waals surface area contributed by atoms with E-state index in [1.54, 1.807) is 6.20 Å². The third-order valence-corrected chi connectivity index (χ3v) is 3.55. The lowest BCUT2D eigenvalue weighted by atomic mass is 10.3. The Bertz CT molecular complexity index is 739. The second kappa shape index (κ2) is 15.5. The number of allylic oxidation sites excluding steroid dienone is 3. The van der Waals surface area contributed by atoms with Crippen molar-refractivity contribution < 1.29 is 0 Å². The first kappa shape index (κ1) is 24.7. The van der Waals surface area contributed by atoms with Crippen molar-refractivity contribution in [2.75, 3.05) is 6.54 Å². The summed E-state index contributed by atoms with van der Waals surface area (Å²) >= 11 is 0. The Hall–Kier alpha value is -3.36. The highest BCUT2D eigenvalue weighted by molar-refractivity contribution is 5.86. The predicted molar refractivity (Wildman–Crippen MR) is 125 cm³/mol. The summed E-state index contributed by atoms with van der Waals surface area (Å²) in [5.74, 6) is 0. The molecule has 1 aromatic rings. The molecule has 0 amide bonds. The first-order valence-electron chi connectivity index (χ1n) is 9.74. The summed E-state index contributed by atoms with van der Waals surface area (Å²) in [7, 11) is 0. The zero-order valence-electron chi connectivity index (χ0n) is 18.4. The van der Waals surface area contributed by atoms with Gasteiger partial charge in [-0.3, -0.25) is 15.0 Å². The molecule has 0 aromatic carbocycles. The Morgan fingerprint density at radius 1 is 0.700 bits per heavy atom. The normalized spacial score (nSPS) is 16.6. The van der Waals surface area contributed by atoms with Gasteiger partial charge in [-0.25, -0.2) is 0 Å². The van der Waals surface area contributed by atoms with Crippen LogP contribution in [0.2, 0.25) is 0 Å². The lowest BCUT2D eigenvalue weighted by Crippen LogP contribution is -1.87. The van der Waals surface area contributed by atoms with Gasteiger partial charge in [0.1, 0.15) is 6.54 Å². The van der Waals surface area contributed by atoms with Gasteiger partial charge < -0.3 is 0 Å². The highest BCUT2D eigenvalue weighted by Crippen LogP contribution is 1.97. The van der Waals surface area contributed by atoms with E-state index in [1.807, 2.05) is 53.2 Å². The number of hydrogen-bond acceptors (Lipinski definition) is 8. The molecule has 0 saturated carbocycles. The van der Waals surface area contributed by atoms with Crippen molar-refractivity contribution in [2.24, 2.45) is 30.4 Å². The van der Waals surface area contributed by atoms with Gasteiger partial charge in [0.05, 0.1) is 17.6 Å². The summed E-state index contributed by atoms with van der Waals surface area (Å²) in [5.41, 5.74) is 5.57. The molecule has 9 heteroatoms. The van der Waals surface area contributed by atoms with Gasteiger partial charge in [0.25, 0.3) is 0 Å². The summed E-state index contributed by atoms with van der Waals surface area (Å²) in [6.07, 6.45) is 16.5. The SMILES string of the molecule is CC1=NC=CC1.CC1=NC=CC1.CC1=NC=CC1.CC1=NN=NC1.Cc1cn[nH]n1. The lowest BCUT2D eigenvalue weighted by Gasteiger charge is -1.76. The molecular formula is C21H31N9. The Morgan fingerprint density at radius 2 is 1.20 bits per heavy atom. The maximum Gasteiger partial charge on any atom is 0.102 e. The van der Waals surface area contributed by atoms with Crippen molar-refractivity contribution in [3.05, 3.63) is 48.7 Å². The van der Waals surface area contributed by atoms with Gasteiger partial charge in [0, 0.05) is 55.0 Å². The van der Waals surface area contributed by atoms with Crippen molar-refractivity contribution in [2.45, 2.75) is 53.9 Å². The summed E-state index contributed by atoms with van der Waals surface area (Å²) in [6, 6.07) is 0. The highest BCUT2D eigenvalue weighted by Gasteiger charge is 1.91. The zero-order valence-corrected chi connectivity index (χ0v) is 18.4. The van der Waals surface area contributed by atoms with Gasteiger partial charge in [-0.1, -0.05) is 18.2 Å². The second-order valence-electron chi connectivity index (χ2n) is 6.70. The zero-order chi connectivity index (χ0) is 22.0. The monoisotopic (exact) mass is 409 g/mol. The number of aliphatic imine (C=N–C) groups is 3. The molecule has 4 aliphatic heterocycles. The van der Waals surface area contributed by atoms with E-state index >= 15 is 0 Å². The molecule has 0 spiro atoms. The number of aromatic nitrogens is 3. The Morgan fingerprint density at radius 3 is 1.30 bits per heavy atom. The molecule has 1 aromatic heterocycles. The van der Waals surface area contributed by atoms with Crippen LogP contribution in [0.1, 0.15) is 52.7 Å². The molecule has 5 rings (SSSR count). The van der Waals surface area contributed by atoms with Crippen LogP contribution >= 0.6 is 0 Å². The molecule has 160 valence electrons. The van der Waals surface area contributed by atoms with Gasteiger partial charge in [0.2, 0.25) is 0 Å². The molecule has 30 heavy (non-hydrogen) atoms. The average Bonchev–Trinajstić information content (AvgIpc) is 3.50. The molecular weight excluding hydrogens is 378 g/mol. The molecule has 9 nitrogen and oxygen atoms in total. The number of H-pyrrole nitrogens is 1. The molecule has 0 unspecified atom stereocenters.